The number of para-hydroxylation sites is 1. The van der Waals surface area contributed by atoms with E-state index in [1.807, 2.05) is 18.2 Å². The first-order valence-electron chi connectivity index (χ1n) is 8.91. The van der Waals surface area contributed by atoms with Crippen molar-refractivity contribution in [2.45, 2.75) is 12.8 Å². The Hall–Kier alpha value is -2.05. The molecular weight excluding hydrogens is 346 g/mol. The van der Waals surface area contributed by atoms with Crippen molar-refractivity contribution < 1.29 is 9.47 Å². The van der Waals surface area contributed by atoms with Gasteiger partial charge in [-0.25, -0.2) is 4.98 Å². The molecule has 5 nitrogen and oxygen atoms in total. The van der Waals surface area contributed by atoms with Gasteiger partial charge in [0, 0.05) is 25.2 Å². The van der Waals surface area contributed by atoms with Gasteiger partial charge in [-0.2, -0.15) is 0 Å². The van der Waals surface area contributed by atoms with Crippen LogP contribution in [0.1, 0.15) is 22.7 Å². The van der Waals surface area contributed by atoms with Crippen LogP contribution in [0.2, 0.25) is 0 Å². The first-order chi connectivity index (χ1) is 12.6. The average molecular weight is 374 g/mol. The summed E-state index contributed by atoms with van der Waals surface area (Å²) in [6.45, 7) is 3.23. The minimum absolute atomic E-state index is 0.739. The van der Waals surface area contributed by atoms with Crippen LogP contribution < -0.4 is 14.4 Å². The molecule has 2 heterocycles. The zero-order valence-corrected chi connectivity index (χ0v) is 16.8. The summed E-state index contributed by atoms with van der Waals surface area (Å²) < 4.78 is 10.9. The van der Waals surface area contributed by atoms with Crippen molar-refractivity contribution >= 4 is 28.5 Å². The number of aryl methyl sites for hydroxylation is 1. The van der Waals surface area contributed by atoms with Gasteiger partial charge in [-0.05, 0) is 45.2 Å². The number of thiazole rings is 1. The van der Waals surface area contributed by atoms with Gasteiger partial charge in [0.1, 0.15) is 10.0 Å². The molecule has 0 spiro atoms. The Kier molecular flexibility index (Phi) is 6.16. The molecule has 1 aliphatic heterocycles. The molecule has 0 amide bonds. The lowest BCUT2D eigenvalue weighted by molar-refractivity contribution is 0.354. The number of benzene rings is 1. The van der Waals surface area contributed by atoms with Crippen LogP contribution in [0.5, 0.6) is 11.5 Å². The van der Waals surface area contributed by atoms with Crippen molar-refractivity contribution in [1.82, 2.24) is 9.88 Å². The molecule has 0 saturated carbocycles. The fourth-order valence-electron chi connectivity index (χ4n) is 3.12. The average Bonchev–Trinajstić information content (AvgIpc) is 3.07. The zero-order valence-electron chi connectivity index (χ0n) is 16.0. The molecule has 1 aromatic heterocycles. The first kappa shape index (κ1) is 18.7. The highest BCUT2D eigenvalue weighted by molar-refractivity contribution is 7.16. The molecular formula is C20H27N3O2S. The van der Waals surface area contributed by atoms with Crippen LogP contribution in [0.25, 0.3) is 12.2 Å². The smallest absolute Gasteiger partial charge is 0.167 e. The zero-order chi connectivity index (χ0) is 18.5. The highest BCUT2D eigenvalue weighted by Crippen LogP contribution is 2.35. The molecule has 6 heteroatoms. The van der Waals surface area contributed by atoms with Gasteiger partial charge in [-0.3, -0.25) is 0 Å². The molecule has 2 aromatic rings. The molecule has 0 saturated heterocycles. The number of hydrogen-bond donors (Lipinski definition) is 0. The lowest BCUT2D eigenvalue weighted by Gasteiger charge is -2.28. The predicted molar refractivity (Wildman–Crippen MR) is 110 cm³/mol. The fourth-order valence-corrected chi connectivity index (χ4v) is 4.19. The van der Waals surface area contributed by atoms with E-state index in [0.717, 1.165) is 48.1 Å². The first-order valence-corrected chi connectivity index (χ1v) is 9.72. The third-order valence-corrected chi connectivity index (χ3v) is 5.60. The Balaban J connectivity index is 1.81. The summed E-state index contributed by atoms with van der Waals surface area (Å²) in [6, 6.07) is 5.90. The number of ether oxygens (including phenoxy) is 2. The van der Waals surface area contributed by atoms with E-state index in [2.05, 4.69) is 36.0 Å². The maximum Gasteiger partial charge on any atom is 0.167 e. The van der Waals surface area contributed by atoms with E-state index in [1.165, 1.54) is 17.1 Å². The summed E-state index contributed by atoms with van der Waals surface area (Å²) in [6.07, 6.45) is 6.37. The van der Waals surface area contributed by atoms with Gasteiger partial charge in [0.15, 0.2) is 11.5 Å². The number of methoxy groups -OCH3 is 2. The summed E-state index contributed by atoms with van der Waals surface area (Å²) in [5.74, 6) is 1.49. The number of anilines is 1. The lowest BCUT2D eigenvalue weighted by atomic mass is 10.1. The van der Waals surface area contributed by atoms with Gasteiger partial charge in [0.2, 0.25) is 0 Å². The largest absolute Gasteiger partial charge is 0.493 e. The second kappa shape index (κ2) is 8.56. The minimum atomic E-state index is 0.739. The van der Waals surface area contributed by atoms with Crippen LogP contribution in [0.15, 0.2) is 18.2 Å². The quantitative estimate of drug-likeness (QED) is 0.741. The molecule has 0 radical (unpaired) electrons. The Morgan fingerprint density at radius 2 is 2.08 bits per heavy atom. The van der Waals surface area contributed by atoms with Crippen LogP contribution >= 0.6 is 11.3 Å². The molecule has 3 rings (SSSR count). The van der Waals surface area contributed by atoms with Crippen molar-refractivity contribution in [1.29, 1.82) is 0 Å². The van der Waals surface area contributed by atoms with E-state index in [-0.39, 0.29) is 0 Å². The van der Waals surface area contributed by atoms with Crippen molar-refractivity contribution in [3.05, 3.63) is 34.5 Å². The highest BCUT2D eigenvalue weighted by atomic mass is 32.1. The standard InChI is InChI=1S/C20H27N3O2S/c1-22(2)13-14-23-12-6-8-16-20(23)26-18(21-16)11-10-15-7-5-9-17(24-3)19(15)25-4/h5,7,9-11H,6,8,12-14H2,1-4H3/b11-10+. The highest BCUT2D eigenvalue weighted by Gasteiger charge is 2.21. The summed E-state index contributed by atoms with van der Waals surface area (Å²) in [7, 11) is 7.56. The van der Waals surface area contributed by atoms with E-state index in [9.17, 15) is 0 Å². The Labute approximate surface area is 159 Å². The number of aromatic nitrogens is 1. The van der Waals surface area contributed by atoms with Crippen LogP contribution in [0, 0.1) is 0 Å². The molecule has 1 aliphatic rings. The SMILES string of the molecule is COc1cccc(/C=C/c2nc3c(s2)N(CCN(C)C)CCC3)c1OC. The molecule has 26 heavy (non-hydrogen) atoms. The van der Waals surface area contributed by atoms with Crippen LogP contribution in [0.3, 0.4) is 0 Å². The van der Waals surface area contributed by atoms with E-state index in [1.54, 1.807) is 25.6 Å². The summed E-state index contributed by atoms with van der Waals surface area (Å²) in [5, 5.41) is 2.37. The number of fused-ring (bicyclic) bond motifs is 1. The third kappa shape index (κ3) is 4.19. The van der Waals surface area contributed by atoms with Gasteiger partial charge < -0.3 is 19.3 Å². The normalized spacial score (nSPS) is 14.1. The Bertz CT molecular complexity index is 770. The fraction of sp³-hybridized carbons (Fsp3) is 0.450. The molecule has 140 valence electrons. The van der Waals surface area contributed by atoms with Gasteiger partial charge in [-0.15, -0.1) is 0 Å². The second-order valence-electron chi connectivity index (χ2n) is 6.61. The van der Waals surface area contributed by atoms with Crippen LogP contribution in [-0.4, -0.2) is 57.8 Å². The third-order valence-electron chi connectivity index (χ3n) is 4.48. The van der Waals surface area contributed by atoms with E-state index in [0.29, 0.717) is 0 Å². The van der Waals surface area contributed by atoms with Gasteiger partial charge >= 0.3 is 0 Å². The molecule has 0 aliphatic carbocycles. The molecule has 1 aromatic carbocycles. The van der Waals surface area contributed by atoms with Gasteiger partial charge in [0.05, 0.1) is 19.9 Å². The number of likely N-dealkylation sites (N-methyl/N-ethyl adjacent to an activating group) is 1. The number of rotatable bonds is 7. The summed E-state index contributed by atoms with van der Waals surface area (Å²) in [4.78, 5) is 9.55. The maximum absolute atomic E-state index is 5.50. The van der Waals surface area contributed by atoms with E-state index < -0.39 is 0 Å². The van der Waals surface area contributed by atoms with Gasteiger partial charge in [0.25, 0.3) is 0 Å². The van der Waals surface area contributed by atoms with E-state index in [4.69, 9.17) is 14.5 Å². The van der Waals surface area contributed by atoms with Crippen molar-refractivity contribution in [3.63, 3.8) is 0 Å². The summed E-state index contributed by atoms with van der Waals surface area (Å²) >= 11 is 1.78. The molecule has 0 fully saturated rings. The monoisotopic (exact) mass is 373 g/mol. The second-order valence-corrected chi connectivity index (χ2v) is 7.62. The maximum atomic E-state index is 5.50. The minimum Gasteiger partial charge on any atom is -0.493 e. The lowest BCUT2D eigenvalue weighted by Crippen LogP contribution is -2.34. The molecule has 0 bridgehead atoms. The Morgan fingerprint density at radius 3 is 2.81 bits per heavy atom. The summed E-state index contributed by atoms with van der Waals surface area (Å²) in [5.41, 5.74) is 2.22. The van der Waals surface area contributed by atoms with Crippen molar-refractivity contribution in [2.24, 2.45) is 0 Å². The van der Waals surface area contributed by atoms with Crippen molar-refractivity contribution in [2.75, 3.05) is 52.8 Å². The molecule has 0 unspecified atom stereocenters. The number of hydrogen-bond acceptors (Lipinski definition) is 6. The Morgan fingerprint density at radius 1 is 1.23 bits per heavy atom. The number of nitrogens with zero attached hydrogens (tertiary/aromatic N) is 3. The van der Waals surface area contributed by atoms with Crippen LogP contribution in [-0.2, 0) is 6.42 Å². The van der Waals surface area contributed by atoms with Crippen molar-refractivity contribution in [3.8, 4) is 11.5 Å². The molecule has 0 N–H and O–H groups in total. The predicted octanol–water partition coefficient (Wildman–Crippen LogP) is 3.64. The van der Waals surface area contributed by atoms with Crippen LogP contribution in [0.4, 0.5) is 5.00 Å². The van der Waals surface area contributed by atoms with Gasteiger partial charge in [-0.1, -0.05) is 23.5 Å². The van der Waals surface area contributed by atoms with E-state index >= 15 is 0 Å². The molecule has 0 atom stereocenters. The topological polar surface area (TPSA) is 37.8 Å².